The van der Waals surface area contributed by atoms with Crippen molar-refractivity contribution >= 4 is 29.3 Å². The van der Waals surface area contributed by atoms with Crippen LogP contribution in [0.4, 0.5) is 0 Å². The molecule has 188 valence electrons. The SMILES string of the molecule is Cc1ccc(C(=O)N2CCCCNC(=O)c3cc(Cl)ccc3OC[C@H](CC(C)C)NC(=O)C2)cn1. The molecule has 0 fully saturated rings. The maximum absolute atomic E-state index is 13.1. The number of nitrogens with one attached hydrogen (secondary N) is 2. The number of halogens is 1. The van der Waals surface area contributed by atoms with Gasteiger partial charge in [0, 0.05) is 30.0 Å². The fraction of sp³-hybridized carbons (Fsp3) is 0.462. The zero-order valence-electron chi connectivity index (χ0n) is 20.5. The summed E-state index contributed by atoms with van der Waals surface area (Å²) in [5, 5.41) is 6.35. The minimum atomic E-state index is -0.294. The van der Waals surface area contributed by atoms with Gasteiger partial charge in [-0.1, -0.05) is 25.4 Å². The lowest BCUT2D eigenvalue weighted by Gasteiger charge is -2.25. The van der Waals surface area contributed by atoms with E-state index >= 15 is 0 Å². The number of fused-ring (bicyclic) bond motifs is 1. The molecule has 2 N–H and O–H groups in total. The van der Waals surface area contributed by atoms with Gasteiger partial charge in [0.15, 0.2) is 0 Å². The molecule has 0 aliphatic carbocycles. The second-order valence-corrected chi connectivity index (χ2v) is 9.66. The topological polar surface area (TPSA) is 101 Å². The lowest BCUT2D eigenvalue weighted by molar-refractivity contribution is -0.122. The van der Waals surface area contributed by atoms with Gasteiger partial charge >= 0.3 is 0 Å². The van der Waals surface area contributed by atoms with Crippen LogP contribution in [-0.2, 0) is 4.79 Å². The number of ether oxygens (including phenoxy) is 1. The average molecular weight is 501 g/mol. The Balaban J connectivity index is 1.82. The van der Waals surface area contributed by atoms with Crippen LogP contribution in [0.2, 0.25) is 5.02 Å². The Labute approximate surface area is 211 Å². The average Bonchev–Trinajstić information content (AvgIpc) is 2.81. The van der Waals surface area contributed by atoms with Crippen molar-refractivity contribution in [1.82, 2.24) is 20.5 Å². The number of aromatic nitrogens is 1. The van der Waals surface area contributed by atoms with E-state index in [-0.39, 0.29) is 36.9 Å². The highest BCUT2D eigenvalue weighted by Crippen LogP contribution is 2.24. The molecule has 2 aromatic rings. The van der Waals surface area contributed by atoms with Crippen LogP contribution in [0.3, 0.4) is 0 Å². The summed E-state index contributed by atoms with van der Waals surface area (Å²) in [5.41, 5.74) is 1.60. The monoisotopic (exact) mass is 500 g/mol. The lowest BCUT2D eigenvalue weighted by atomic mass is 10.0. The minimum absolute atomic E-state index is 0.0696. The van der Waals surface area contributed by atoms with E-state index in [4.69, 9.17) is 16.3 Å². The van der Waals surface area contributed by atoms with Crippen molar-refractivity contribution in [2.24, 2.45) is 5.92 Å². The highest BCUT2D eigenvalue weighted by atomic mass is 35.5. The number of rotatable bonds is 3. The van der Waals surface area contributed by atoms with Crippen molar-refractivity contribution in [2.45, 2.75) is 46.1 Å². The number of aryl methyl sites for hydroxylation is 1. The molecule has 9 heteroatoms. The van der Waals surface area contributed by atoms with Crippen molar-refractivity contribution in [3.05, 3.63) is 58.4 Å². The van der Waals surface area contributed by atoms with Crippen LogP contribution in [0.25, 0.3) is 0 Å². The molecule has 0 saturated carbocycles. The van der Waals surface area contributed by atoms with E-state index in [1.54, 1.807) is 30.3 Å². The van der Waals surface area contributed by atoms with Crippen LogP contribution >= 0.6 is 11.6 Å². The largest absolute Gasteiger partial charge is 0.491 e. The number of benzene rings is 1. The predicted molar refractivity (Wildman–Crippen MR) is 135 cm³/mol. The molecule has 0 spiro atoms. The first kappa shape index (κ1) is 26.5. The molecule has 1 aliphatic heterocycles. The van der Waals surface area contributed by atoms with E-state index in [0.29, 0.717) is 60.2 Å². The van der Waals surface area contributed by atoms with Gasteiger partial charge in [-0.3, -0.25) is 19.4 Å². The molecular weight excluding hydrogens is 468 g/mol. The Morgan fingerprint density at radius 1 is 1.23 bits per heavy atom. The van der Waals surface area contributed by atoms with Gasteiger partial charge in [-0.2, -0.15) is 0 Å². The molecule has 1 aromatic heterocycles. The Morgan fingerprint density at radius 3 is 2.74 bits per heavy atom. The fourth-order valence-electron chi connectivity index (χ4n) is 3.93. The van der Waals surface area contributed by atoms with E-state index < -0.39 is 0 Å². The van der Waals surface area contributed by atoms with E-state index in [9.17, 15) is 14.4 Å². The number of carbonyl (C=O) groups excluding carboxylic acids is 3. The summed E-state index contributed by atoms with van der Waals surface area (Å²) in [6.45, 7) is 6.88. The standard InChI is InChI=1S/C26H33ClN4O4/c1-17(2)12-21-16-35-23-9-8-20(27)13-22(23)25(33)28-10-4-5-11-31(15-24(32)30-21)26(34)19-7-6-18(3)29-14-19/h6-9,13-14,17,21H,4-5,10-12,15-16H2,1-3H3,(H,28,33)(H,30,32)/t21-/m0/s1. The third kappa shape index (κ3) is 7.96. The lowest BCUT2D eigenvalue weighted by Crippen LogP contribution is -2.46. The fourth-order valence-corrected chi connectivity index (χ4v) is 4.11. The van der Waals surface area contributed by atoms with Crippen LogP contribution < -0.4 is 15.4 Å². The first-order chi connectivity index (χ1) is 16.7. The van der Waals surface area contributed by atoms with Crippen molar-refractivity contribution in [1.29, 1.82) is 0 Å². The summed E-state index contributed by atoms with van der Waals surface area (Å²) in [4.78, 5) is 44.7. The second kappa shape index (κ2) is 12.5. The summed E-state index contributed by atoms with van der Waals surface area (Å²) in [5.74, 6) is -0.0722. The number of nitrogens with zero attached hydrogens (tertiary/aromatic N) is 2. The summed E-state index contributed by atoms with van der Waals surface area (Å²) in [7, 11) is 0. The maximum Gasteiger partial charge on any atom is 0.255 e. The second-order valence-electron chi connectivity index (χ2n) is 9.22. The maximum atomic E-state index is 13.1. The zero-order valence-corrected chi connectivity index (χ0v) is 21.2. The summed E-state index contributed by atoms with van der Waals surface area (Å²) >= 11 is 6.12. The summed E-state index contributed by atoms with van der Waals surface area (Å²) in [6.07, 6.45) is 3.46. The van der Waals surface area contributed by atoms with Crippen molar-refractivity contribution in [2.75, 3.05) is 26.2 Å². The van der Waals surface area contributed by atoms with Crippen molar-refractivity contribution in [3.63, 3.8) is 0 Å². The van der Waals surface area contributed by atoms with Gasteiger partial charge in [-0.25, -0.2) is 0 Å². The van der Waals surface area contributed by atoms with Crippen LogP contribution in [-0.4, -0.2) is 59.9 Å². The number of hydrogen-bond donors (Lipinski definition) is 2. The van der Waals surface area contributed by atoms with E-state index in [1.165, 1.54) is 11.1 Å². The van der Waals surface area contributed by atoms with Gasteiger partial charge in [-0.15, -0.1) is 0 Å². The van der Waals surface area contributed by atoms with Gasteiger partial charge in [0.1, 0.15) is 12.4 Å². The molecule has 8 nitrogen and oxygen atoms in total. The Morgan fingerprint density at radius 2 is 2.03 bits per heavy atom. The first-order valence-electron chi connectivity index (χ1n) is 11.9. The highest BCUT2D eigenvalue weighted by Gasteiger charge is 2.23. The molecule has 0 unspecified atom stereocenters. The molecule has 0 saturated heterocycles. The van der Waals surface area contributed by atoms with Gasteiger partial charge in [0.2, 0.25) is 5.91 Å². The number of carbonyl (C=O) groups is 3. The number of amides is 3. The molecule has 1 aliphatic rings. The molecule has 1 atom stereocenters. The Bertz CT molecular complexity index is 1040. The van der Waals surface area contributed by atoms with E-state index in [0.717, 1.165) is 5.69 Å². The predicted octanol–water partition coefficient (Wildman–Crippen LogP) is 3.62. The van der Waals surface area contributed by atoms with Crippen molar-refractivity contribution < 1.29 is 19.1 Å². The normalized spacial score (nSPS) is 18.0. The third-order valence-electron chi connectivity index (χ3n) is 5.67. The van der Waals surface area contributed by atoms with Gasteiger partial charge < -0.3 is 20.3 Å². The van der Waals surface area contributed by atoms with Crippen LogP contribution in [0, 0.1) is 12.8 Å². The van der Waals surface area contributed by atoms with Gasteiger partial charge in [0.05, 0.1) is 23.7 Å². The van der Waals surface area contributed by atoms with Crippen molar-refractivity contribution in [3.8, 4) is 5.75 Å². The van der Waals surface area contributed by atoms with Crippen LogP contribution in [0.5, 0.6) is 5.75 Å². The molecule has 0 radical (unpaired) electrons. The van der Waals surface area contributed by atoms with Gasteiger partial charge in [0.25, 0.3) is 11.8 Å². The summed E-state index contributed by atoms with van der Waals surface area (Å²) in [6, 6.07) is 8.11. The Hall–Kier alpha value is -3.13. The van der Waals surface area contributed by atoms with E-state index in [1.807, 2.05) is 6.92 Å². The molecule has 3 rings (SSSR count). The quantitative estimate of drug-likeness (QED) is 0.670. The molecule has 2 heterocycles. The molecular formula is C26H33ClN4O4. The Kier molecular flexibility index (Phi) is 9.48. The molecule has 3 amide bonds. The minimum Gasteiger partial charge on any atom is -0.491 e. The van der Waals surface area contributed by atoms with Gasteiger partial charge in [-0.05, 0) is 62.4 Å². The summed E-state index contributed by atoms with van der Waals surface area (Å²) < 4.78 is 5.98. The highest BCUT2D eigenvalue weighted by molar-refractivity contribution is 6.31. The van der Waals surface area contributed by atoms with Crippen LogP contribution in [0.15, 0.2) is 36.5 Å². The van der Waals surface area contributed by atoms with Crippen LogP contribution in [0.1, 0.15) is 59.5 Å². The molecule has 0 bridgehead atoms. The zero-order chi connectivity index (χ0) is 25.4. The number of pyridine rings is 1. The molecule has 35 heavy (non-hydrogen) atoms. The smallest absolute Gasteiger partial charge is 0.255 e. The first-order valence-corrected chi connectivity index (χ1v) is 12.3. The van der Waals surface area contributed by atoms with E-state index in [2.05, 4.69) is 29.5 Å². The molecule has 1 aromatic carbocycles. The number of hydrogen-bond acceptors (Lipinski definition) is 5. The third-order valence-corrected chi connectivity index (χ3v) is 5.90.